The molecule has 0 spiro atoms. The van der Waals surface area contributed by atoms with E-state index in [9.17, 15) is 0 Å². The Bertz CT molecular complexity index is 97.6. The number of rotatable bonds is 0. The van der Waals surface area contributed by atoms with Crippen molar-refractivity contribution in [3.05, 3.63) is 18.7 Å². The van der Waals surface area contributed by atoms with Gasteiger partial charge >= 0.3 is 0 Å². The summed E-state index contributed by atoms with van der Waals surface area (Å²) in [6.07, 6.45) is 5.08. The van der Waals surface area contributed by atoms with Crippen molar-refractivity contribution in [1.29, 1.82) is 5.41 Å². The fourth-order valence-corrected chi connectivity index (χ4v) is 0.215. The van der Waals surface area contributed by atoms with E-state index in [1.165, 1.54) is 0 Å². The molecule has 0 radical (unpaired) electrons. The summed E-state index contributed by atoms with van der Waals surface area (Å²) in [5.74, 6) is 0. The van der Waals surface area contributed by atoms with E-state index in [0.717, 1.165) is 5.67 Å². The first kappa shape index (κ1) is 7.17. The third-order valence-electron chi connectivity index (χ3n) is 0.406. The SMILES string of the molecule is N=CCl.c1c[nH]cn1. The number of hydrogen-bond donors (Lipinski definition) is 2. The van der Waals surface area contributed by atoms with Crippen molar-refractivity contribution in [3.8, 4) is 0 Å². The first-order valence-corrected chi connectivity index (χ1v) is 2.37. The Hall–Kier alpha value is -0.830. The molecule has 0 atom stereocenters. The molecule has 1 aromatic heterocycles. The van der Waals surface area contributed by atoms with Crippen LogP contribution in [0.3, 0.4) is 0 Å². The molecule has 0 aliphatic carbocycles. The van der Waals surface area contributed by atoms with Crippen LogP contribution in [0.2, 0.25) is 0 Å². The summed E-state index contributed by atoms with van der Waals surface area (Å²) >= 11 is 4.54. The topological polar surface area (TPSA) is 52.5 Å². The minimum absolute atomic E-state index is 0.722. The van der Waals surface area contributed by atoms with Crippen molar-refractivity contribution in [1.82, 2.24) is 9.97 Å². The predicted octanol–water partition coefficient (Wildman–Crippen LogP) is 1.24. The largest absolute Gasteiger partial charge is 0.351 e. The van der Waals surface area contributed by atoms with Crippen LogP contribution >= 0.6 is 11.6 Å². The number of aromatic amines is 1. The second-order valence-corrected chi connectivity index (χ2v) is 1.09. The molecule has 4 heteroatoms. The van der Waals surface area contributed by atoms with Crippen LogP contribution in [0.15, 0.2) is 18.7 Å². The van der Waals surface area contributed by atoms with Crippen LogP contribution in [-0.2, 0) is 0 Å². The zero-order valence-electron chi connectivity index (χ0n) is 4.13. The van der Waals surface area contributed by atoms with E-state index in [4.69, 9.17) is 5.41 Å². The molecule has 0 fully saturated rings. The fraction of sp³-hybridized carbons (Fsp3) is 0. The van der Waals surface area contributed by atoms with Gasteiger partial charge in [-0.1, -0.05) is 11.6 Å². The third-order valence-corrected chi connectivity index (χ3v) is 0.406. The van der Waals surface area contributed by atoms with Gasteiger partial charge in [-0.2, -0.15) is 0 Å². The number of H-pyrrole nitrogens is 1. The highest BCUT2D eigenvalue weighted by Crippen LogP contribution is 1.62. The molecule has 0 unspecified atom stereocenters. The van der Waals surface area contributed by atoms with Crippen LogP contribution in [-0.4, -0.2) is 15.6 Å². The minimum Gasteiger partial charge on any atom is -0.351 e. The quantitative estimate of drug-likeness (QED) is 0.512. The first-order chi connectivity index (χ1) is 3.91. The molecule has 2 N–H and O–H groups in total. The molecule has 1 heterocycles. The third kappa shape index (κ3) is 5.17. The lowest BCUT2D eigenvalue weighted by atomic mass is 11.0. The molecule has 1 aromatic rings. The van der Waals surface area contributed by atoms with Crippen molar-refractivity contribution in [2.75, 3.05) is 0 Å². The summed E-state index contributed by atoms with van der Waals surface area (Å²) in [7, 11) is 0. The maximum absolute atomic E-state index is 5.85. The van der Waals surface area contributed by atoms with Gasteiger partial charge in [-0.05, 0) is 0 Å². The van der Waals surface area contributed by atoms with E-state index in [1.807, 2.05) is 0 Å². The van der Waals surface area contributed by atoms with Crippen LogP contribution < -0.4 is 0 Å². The zero-order valence-corrected chi connectivity index (χ0v) is 4.89. The van der Waals surface area contributed by atoms with Gasteiger partial charge in [-0.3, -0.25) is 5.41 Å². The molecule has 0 aliphatic heterocycles. The lowest BCUT2D eigenvalue weighted by Crippen LogP contribution is -1.44. The van der Waals surface area contributed by atoms with Crippen molar-refractivity contribution in [2.24, 2.45) is 0 Å². The van der Waals surface area contributed by atoms with Crippen molar-refractivity contribution in [2.45, 2.75) is 0 Å². The molecule has 0 saturated carbocycles. The van der Waals surface area contributed by atoms with Gasteiger partial charge in [0, 0.05) is 12.4 Å². The summed E-state index contributed by atoms with van der Waals surface area (Å²) < 4.78 is 0. The highest BCUT2D eigenvalue weighted by atomic mass is 35.5. The van der Waals surface area contributed by atoms with Crippen LogP contribution in [0.1, 0.15) is 0 Å². The summed E-state index contributed by atoms with van der Waals surface area (Å²) in [6, 6.07) is 0. The van der Waals surface area contributed by atoms with Gasteiger partial charge < -0.3 is 4.98 Å². The number of nitrogens with zero attached hydrogens (tertiary/aromatic N) is 1. The molecular weight excluding hydrogens is 126 g/mol. The molecule has 0 bridgehead atoms. The molecule has 0 amide bonds. The second kappa shape index (κ2) is 6.17. The Morgan fingerprint density at radius 2 is 2.38 bits per heavy atom. The van der Waals surface area contributed by atoms with E-state index in [2.05, 4.69) is 21.6 Å². The Morgan fingerprint density at radius 3 is 2.50 bits per heavy atom. The number of aromatic nitrogens is 2. The lowest BCUT2D eigenvalue weighted by Gasteiger charge is -1.46. The van der Waals surface area contributed by atoms with Crippen molar-refractivity contribution in [3.63, 3.8) is 0 Å². The second-order valence-electron chi connectivity index (χ2n) is 0.870. The number of hydrogen-bond acceptors (Lipinski definition) is 2. The summed E-state index contributed by atoms with van der Waals surface area (Å²) in [5.41, 5.74) is 0.722. The maximum atomic E-state index is 5.85. The van der Waals surface area contributed by atoms with E-state index in [-0.39, 0.29) is 0 Å². The minimum atomic E-state index is 0.722. The average molecular weight is 132 g/mol. The summed E-state index contributed by atoms with van der Waals surface area (Å²) in [6.45, 7) is 0. The molecule has 44 valence electrons. The number of halogens is 1. The molecular formula is C4H6ClN3. The summed E-state index contributed by atoms with van der Waals surface area (Å²) in [5, 5.41) is 5.85. The van der Waals surface area contributed by atoms with E-state index >= 15 is 0 Å². The average Bonchev–Trinajstić information content (AvgIpc) is 2.17. The normalized spacial score (nSPS) is 6.62. The Labute approximate surface area is 52.2 Å². The van der Waals surface area contributed by atoms with Gasteiger partial charge in [0.1, 0.15) is 0 Å². The van der Waals surface area contributed by atoms with Crippen molar-refractivity contribution >= 4 is 17.3 Å². The fourth-order valence-electron chi connectivity index (χ4n) is 0.215. The van der Waals surface area contributed by atoms with Crippen LogP contribution in [0, 0.1) is 5.41 Å². The Morgan fingerprint density at radius 1 is 1.75 bits per heavy atom. The van der Waals surface area contributed by atoms with Crippen LogP contribution in [0.25, 0.3) is 0 Å². The monoisotopic (exact) mass is 131 g/mol. The molecule has 3 nitrogen and oxygen atoms in total. The van der Waals surface area contributed by atoms with Gasteiger partial charge in [0.05, 0.1) is 12.0 Å². The highest BCUT2D eigenvalue weighted by molar-refractivity contribution is 6.55. The van der Waals surface area contributed by atoms with Gasteiger partial charge in [0.2, 0.25) is 0 Å². The lowest BCUT2D eigenvalue weighted by molar-refractivity contribution is 1.31. The molecule has 0 saturated heterocycles. The van der Waals surface area contributed by atoms with E-state index in [0.29, 0.717) is 0 Å². The highest BCUT2D eigenvalue weighted by Gasteiger charge is 1.56. The van der Waals surface area contributed by atoms with Gasteiger partial charge in [-0.15, -0.1) is 0 Å². The standard InChI is InChI=1S/C3H4N2.CH2ClN/c1-2-5-3-4-1;2-1-3/h1-3H,(H,4,5);1,3H. The number of imidazole rings is 1. The van der Waals surface area contributed by atoms with E-state index < -0.39 is 0 Å². The first-order valence-electron chi connectivity index (χ1n) is 1.93. The van der Waals surface area contributed by atoms with Crippen LogP contribution in [0.5, 0.6) is 0 Å². The Balaban J connectivity index is 0.000000145. The van der Waals surface area contributed by atoms with E-state index in [1.54, 1.807) is 18.7 Å². The molecule has 1 rings (SSSR count). The van der Waals surface area contributed by atoms with Crippen LogP contribution in [0.4, 0.5) is 0 Å². The Kier molecular flexibility index (Phi) is 5.53. The van der Waals surface area contributed by atoms with Gasteiger partial charge in [-0.25, -0.2) is 4.98 Å². The molecule has 0 aliphatic rings. The van der Waals surface area contributed by atoms with Gasteiger partial charge in [0.25, 0.3) is 0 Å². The molecule has 8 heavy (non-hydrogen) atoms. The van der Waals surface area contributed by atoms with Crippen molar-refractivity contribution < 1.29 is 0 Å². The smallest absolute Gasteiger partial charge is 0.0919 e. The summed E-state index contributed by atoms with van der Waals surface area (Å²) in [4.78, 5) is 6.42. The number of nitrogens with one attached hydrogen (secondary N) is 2. The molecule has 0 aromatic carbocycles. The predicted molar refractivity (Wildman–Crippen MR) is 33.2 cm³/mol. The maximum Gasteiger partial charge on any atom is 0.0919 e. The zero-order chi connectivity index (χ0) is 6.24. The van der Waals surface area contributed by atoms with Gasteiger partial charge in [0.15, 0.2) is 0 Å².